The Labute approximate surface area is 242 Å². The summed E-state index contributed by atoms with van der Waals surface area (Å²) in [5.41, 5.74) is 6.33. The standard InChI is InChI=1S/C34H40N4O3/c1-6-7-14-30-36-28-21-29(37-20-11-10-15-31(37)39)23(2)35-32(28)38(30)22-24-16-18-25(19-17-24)26-12-8-9-13-27(26)33(40)41-34(3,4)5/h8-9,12-13,16-19,21H,6-7,10-11,14-15,20,22H2,1-5H3. The third kappa shape index (κ3) is 6.34. The SMILES string of the molecule is CCCCc1nc2cc(N3CCCCC3=O)c(C)nc2n1Cc1ccc(-c2ccccc2C(=O)OC(C)(C)C)cc1. The zero-order valence-corrected chi connectivity index (χ0v) is 24.9. The van der Waals surface area contributed by atoms with Crippen LogP contribution < -0.4 is 4.90 Å². The first-order chi connectivity index (χ1) is 19.6. The number of carbonyl (C=O) groups excluding carboxylic acids is 2. The minimum absolute atomic E-state index is 0.166. The monoisotopic (exact) mass is 552 g/mol. The molecule has 1 amide bonds. The molecule has 0 N–H and O–H groups in total. The molecule has 7 nitrogen and oxygen atoms in total. The van der Waals surface area contributed by atoms with Gasteiger partial charge in [-0.3, -0.25) is 4.79 Å². The number of nitrogens with zero attached hydrogens (tertiary/aromatic N) is 4. The van der Waals surface area contributed by atoms with Gasteiger partial charge in [0, 0.05) is 19.4 Å². The molecule has 5 rings (SSSR count). The molecule has 3 heterocycles. The zero-order valence-electron chi connectivity index (χ0n) is 24.9. The van der Waals surface area contributed by atoms with Crippen LogP contribution in [-0.4, -0.2) is 38.6 Å². The number of esters is 1. The van der Waals surface area contributed by atoms with Gasteiger partial charge in [0.15, 0.2) is 5.65 Å². The molecule has 41 heavy (non-hydrogen) atoms. The third-order valence-corrected chi connectivity index (χ3v) is 7.48. The first-order valence-electron chi connectivity index (χ1n) is 14.7. The van der Waals surface area contributed by atoms with E-state index in [2.05, 4.69) is 35.8 Å². The maximum Gasteiger partial charge on any atom is 0.339 e. The van der Waals surface area contributed by atoms with E-state index in [0.717, 1.165) is 83.7 Å². The predicted octanol–water partition coefficient (Wildman–Crippen LogP) is 7.27. The molecule has 0 atom stereocenters. The van der Waals surface area contributed by atoms with Crippen LogP contribution in [0, 0.1) is 6.92 Å². The number of imidazole rings is 1. The third-order valence-electron chi connectivity index (χ3n) is 7.48. The fourth-order valence-corrected chi connectivity index (χ4v) is 5.42. The molecule has 1 aliphatic rings. The number of ether oxygens (including phenoxy) is 1. The number of aryl methyl sites for hydroxylation is 2. The van der Waals surface area contributed by atoms with Crippen molar-refractivity contribution >= 4 is 28.7 Å². The summed E-state index contributed by atoms with van der Waals surface area (Å²) in [6, 6.07) is 17.9. The molecule has 2 aromatic carbocycles. The number of amides is 1. The Hall–Kier alpha value is -4.00. The van der Waals surface area contributed by atoms with Crippen LogP contribution in [0.1, 0.15) is 87.2 Å². The number of fused-ring (bicyclic) bond motifs is 1. The maximum absolute atomic E-state index is 12.9. The second-order valence-electron chi connectivity index (χ2n) is 11.9. The molecular weight excluding hydrogens is 512 g/mol. The second-order valence-corrected chi connectivity index (χ2v) is 11.9. The van der Waals surface area contributed by atoms with E-state index in [-0.39, 0.29) is 11.9 Å². The lowest BCUT2D eigenvalue weighted by molar-refractivity contribution is -0.119. The summed E-state index contributed by atoms with van der Waals surface area (Å²) in [6.07, 6.45) is 5.54. The number of benzene rings is 2. The van der Waals surface area contributed by atoms with Gasteiger partial charge in [-0.15, -0.1) is 0 Å². The minimum Gasteiger partial charge on any atom is -0.456 e. The molecule has 0 bridgehead atoms. The van der Waals surface area contributed by atoms with Gasteiger partial charge in [-0.25, -0.2) is 14.8 Å². The summed E-state index contributed by atoms with van der Waals surface area (Å²) >= 11 is 0. The maximum atomic E-state index is 12.9. The second kappa shape index (κ2) is 11.9. The summed E-state index contributed by atoms with van der Waals surface area (Å²) in [5, 5.41) is 0. The Balaban J connectivity index is 1.46. The highest BCUT2D eigenvalue weighted by Crippen LogP contribution is 2.30. The zero-order chi connectivity index (χ0) is 29.1. The predicted molar refractivity (Wildman–Crippen MR) is 163 cm³/mol. The van der Waals surface area contributed by atoms with Gasteiger partial charge in [0.05, 0.1) is 23.5 Å². The highest BCUT2D eigenvalue weighted by atomic mass is 16.6. The number of unbranched alkanes of at least 4 members (excludes halogenated alkanes) is 1. The Morgan fingerprint density at radius 1 is 1.02 bits per heavy atom. The van der Waals surface area contributed by atoms with Crippen LogP contribution in [-0.2, 0) is 22.5 Å². The molecule has 0 unspecified atom stereocenters. The minimum atomic E-state index is -0.562. The summed E-state index contributed by atoms with van der Waals surface area (Å²) in [5.74, 6) is 0.851. The molecular formula is C34H40N4O3. The fraction of sp³-hybridized carbons (Fsp3) is 0.412. The number of hydrogen-bond donors (Lipinski definition) is 0. The number of hydrogen-bond acceptors (Lipinski definition) is 5. The number of aromatic nitrogens is 3. The topological polar surface area (TPSA) is 77.3 Å². The van der Waals surface area contributed by atoms with E-state index in [9.17, 15) is 9.59 Å². The summed E-state index contributed by atoms with van der Waals surface area (Å²) in [6.45, 7) is 11.2. The molecule has 214 valence electrons. The van der Waals surface area contributed by atoms with Gasteiger partial charge in [-0.05, 0) is 75.8 Å². The van der Waals surface area contributed by atoms with Crippen molar-refractivity contribution < 1.29 is 14.3 Å². The quantitative estimate of drug-likeness (QED) is 0.215. The van der Waals surface area contributed by atoms with Crippen molar-refractivity contribution in [1.82, 2.24) is 14.5 Å². The normalized spacial score (nSPS) is 14.1. The Kier molecular flexibility index (Phi) is 8.25. The van der Waals surface area contributed by atoms with Crippen molar-refractivity contribution in [3.63, 3.8) is 0 Å². The Bertz CT molecular complexity index is 1560. The van der Waals surface area contributed by atoms with Crippen LogP contribution in [0.5, 0.6) is 0 Å². The molecule has 0 aliphatic carbocycles. The highest BCUT2D eigenvalue weighted by Gasteiger charge is 2.24. The molecule has 0 radical (unpaired) electrons. The first-order valence-corrected chi connectivity index (χ1v) is 14.7. The molecule has 0 spiro atoms. The van der Waals surface area contributed by atoms with Crippen molar-refractivity contribution in [1.29, 1.82) is 0 Å². The summed E-state index contributed by atoms with van der Waals surface area (Å²) in [4.78, 5) is 37.4. The van der Waals surface area contributed by atoms with Crippen LogP contribution in [0.15, 0.2) is 54.6 Å². The summed E-state index contributed by atoms with van der Waals surface area (Å²) < 4.78 is 7.86. The van der Waals surface area contributed by atoms with Gasteiger partial charge in [-0.2, -0.15) is 0 Å². The van der Waals surface area contributed by atoms with Crippen molar-refractivity contribution in [3.8, 4) is 11.1 Å². The van der Waals surface area contributed by atoms with E-state index in [1.807, 2.05) is 62.9 Å². The van der Waals surface area contributed by atoms with Crippen molar-refractivity contribution in [2.75, 3.05) is 11.4 Å². The number of anilines is 1. The molecule has 7 heteroatoms. The van der Waals surface area contributed by atoms with E-state index >= 15 is 0 Å². The molecule has 1 fully saturated rings. The van der Waals surface area contributed by atoms with E-state index in [4.69, 9.17) is 14.7 Å². The van der Waals surface area contributed by atoms with Crippen LogP contribution in [0.2, 0.25) is 0 Å². The lowest BCUT2D eigenvalue weighted by Gasteiger charge is -2.27. The fourth-order valence-electron chi connectivity index (χ4n) is 5.42. The van der Waals surface area contributed by atoms with Gasteiger partial charge in [0.25, 0.3) is 0 Å². The van der Waals surface area contributed by atoms with E-state index in [1.165, 1.54) is 0 Å². The van der Waals surface area contributed by atoms with Gasteiger partial charge in [0.1, 0.15) is 16.9 Å². The van der Waals surface area contributed by atoms with Gasteiger partial charge in [-0.1, -0.05) is 55.8 Å². The molecule has 1 aliphatic heterocycles. The molecule has 4 aromatic rings. The van der Waals surface area contributed by atoms with Crippen molar-refractivity contribution in [3.05, 3.63) is 77.2 Å². The van der Waals surface area contributed by atoms with E-state index in [1.54, 1.807) is 0 Å². The number of piperidine rings is 1. The smallest absolute Gasteiger partial charge is 0.339 e. The van der Waals surface area contributed by atoms with E-state index in [0.29, 0.717) is 18.5 Å². The molecule has 2 aromatic heterocycles. The van der Waals surface area contributed by atoms with Crippen LogP contribution in [0.4, 0.5) is 5.69 Å². The lowest BCUT2D eigenvalue weighted by atomic mass is 9.98. The molecule has 1 saturated heterocycles. The Morgan fingerprint density at radius 2 is 1.78 bits per heavy atom. The Morgan fingerprint density at radius 3 is 2.49 bits per heavy atom. The van der Waals surface area contributed by atoms with Crippen molar-refractivity contribution in [2.45, 2.75) is 85.3 Å². The first kappa shape index (κ1) is 28.5. The van der Waals surface area contributed by atoms with E-state index < -0.39 is 5.60 Å². The van der Waals surface area contributed by atoms with Gasteiger partial charge < -0.3 is 14.2 Å². The number of rotatable bonds is 8. The number of pyridine rings is 1. The van der Waals surface area contributed by atoms with Crippen LogP contribution in [0.25, 0.3) is 22.3 Å². The average Bonchev–Trinajstić information content (AvgIpc) is 3.27. The highest BCUT2D eigenvalue weighted by molar-refractivity contribution is 5.98. The van der Waals surface area contributed by atoms with Crippen LogP contribution in [0.3, 0.4) is 0 Å². The van der Waals surface area contributed by atoms with Crippen LogP contribution >= 0.6 is 0 Å². The average molecular weight is 553 g/mol. The van der Waals surface area contributed by atoms with Gasteiger partial charge >= 0.3 is 5.97 Å². The summed E-state index contributed by atoms with van der Waals surface area (Å²) in [7, 11) is 0. The molecule has 0 saturated carbocycles. The lowest BCUT2D eigenvalue weighted by Crippen LogP contribution is -2.35. The number of carbonyl (C=O) groups is 2. The van der Waals surface area contributed by atoms with Gasteiger partial charge in [0.2, 0.25) is 5.91 Å². The largest absolute Gasteiger partial charge is 0.456 e. The van der Waals surface area contributed by atoms with Crippen molar-refractivity contribution in [2.24, 2.45) is 0 Å².